The predicted octanol–water partition coefficient (Wildman–Crippen LogP) is 4.73. The Labute approximate surface area is 215 Å². The molecular weight excluding hydrogens is 496 g/mol. The van der Waals surface area contributed by atoms with Crippen LogP contribution in [0.4, 0.5) is 5.82 Å². The number of hydrogen-bond donors (Lipinski definition) is 1. The lowest BCUT2D eigenvalue weighted by atomic mass is 10.2. The van der Waals surface area contributed by atoms with Crippen LogP contribution >= 0.6 is 11.5 Å². The summed E-state index contributed by atoms with van der Waals surface area (Å²) >= 11 is 1.26. The number of nitrogens with one attached hydrogen (secondary N) is 1. The van der Waals surface area contributed by atoms with E-state index in [4.69, 9.17) is 18.9 Å². The second kappa shape index (κ2) is 10.5. The number of anilines is 1. The van der Waals surface area contributed by atoms with Crippen LogP contribution in [0.15, 0.2) is 60.5 Å². The normalized spacial score (nSPS) is 10.8. The maximum atomic E-state index is 13.2. The molecule has 11 nitrogen and oxygen atoms in total. The summed E-state index contributed by atoms with van der Waals surface area (Å²) < 4.78 is 28.0. The van der Waals surface area contributed by atoms with Gasteiger partial charge in [-0.2, -0.15) is 9.47 Å². The Morgan fingerprint density at radius 1 is 1.00 bits per heavy atom. The van der Waals surface area contributed by atoms with Gasteiger partial charge in [0.25, 0.3) is 5.91 Å². The molecule has 0 spiro atoms. The molecule has 0 saturated carbocycles. The van der Waals surface area contributed by atoms with E-state index in [1.54, 1.807) is 62.3 Å². The number of ether oxygens (including phenoxy) is 4. The molecule has 0 radical (unpaired) electrons. The predicted molar refractivity (Wildman–Crippen MR) is 138 cm³/mol. The highest BCUT2D eigenvalue weighted by molar-refractivity contribution is 7.03. The summed E-state index contributed by atoms with van der Waals surface area (Å²) in [4.78, 5) is 21.9. The molecule has 1 aromatic carbocycles. The number of amides is 1. The molecule has 37 heavy (non-hydrogen) atoms. The molecule has 0 saturated heterocycles. The van der Waals surface area contributed by atoms with Crippen molar-refractivity contribution in [1.82, 2.24) is 24.1 Å². The van der Waals surface area contributed by atoms with Crippen LogP contribution in [0.3, 0.4) is 0 Å². The van der Waals surface area contributed by atoms with Gasteiger partial charge in [-0.05, 0) is 42.7 Å². The summed E-state index contributed by atoms with van der Waals surface area (Å²) in [7, 11) is 3.14. The lowest BCUT2D eigenvalue weighted by Gasteiger charge is -2.12. The van der Waals surface area contributed by atoms with Gasteiger partial charge in [-0.1, -0.05) is 0 Å². The number of methoxy groups -OCH3 is 2. The van der Waals surface area contributed by atoms with E-state index in [1.807, 2.05) is 6.92 Å². The molecular formula is C25H22N6O5S. The second-order valence-electron chi connectivity index (χ2n) is 7.55. The maximum absolute atomic E-state index is 13.2. The minimum atomic E-state index is -0.422. The van der Waals surface area contributed by atoms with Crippen LogP contribution in [0.2, 0.25) is 0 Å². The van der Waals surface area contributed by atoms with Crippen molar-refractivity contribution in [2.45, 2.75) is 6.92 Å². The van der Waals surface area contributed by atoms with Gasteiger partial charge in [-0.25, -0.2) is 9.67 Å². The van der Waals surface area contributed by atoms with Crippen LogP contribution in [-0.2, 0) is 0 Å². The maximum Gasteiger partial charge on any atom is 0.279 e. The number of aromatic nitrogens is 5. The lowest BCUT2D eigenvalue weighted by Crippen LogP contribution is -2.18. The zero-order valence-electron chi connectivity index (χ0n) is 20.2. The number of fused-ring (bicyclic) bond motifs is 1. The van der Waals surface area contributed by atoms with E-state index < -0.39 is 5.91 Å². The van der Waals surface area contributed by atoms with Gasteiger partial charge in [0.1, 0.15) is 17.3 Å². The van der Waals surface area contributed by atoms with E-state index in [0.717, 1.165) is 5.39 Å². The van der Waals surface area contributed by atoms with Gasteiger partial charge in [-0.3, -0.25) is 9.78 Å². The first kappa shape index (κ1) is 24.0. The zero-order chi connectivity index (χ0) is 25.8. The summed E-state index contributed by atoms with van der Waals surface area (Å²) in [5.41, 5.74) is 1.60. The molecule has 0 atom stereocenters. The Balaban J connectivity index is 1.37. The summed E-state index contributed by atoms with van der Waals surface area (Å²) in [6.45, 7) is 2.23. The molecule has 12 heteroatoms. The van der Waals surface area contributed by atoms with Crippen molar-refractivity contribution in [1.29, 1.82) is 0 Å². The van der Waals surface area contributed by atoms with Gasteiger partial charge in [0, 0.05) is 23.0 Å². The summed E-state index contributed by atoms with van der Waals surface area (Å²) in [5.74, 6) is 2.46. The van der Waals surface area contributed by atoms with Gasteiger partial charge in [-0.15, -0.1) is 0 Å². The highest BCUT2D eigenvalue weighted by Crippen LogP contribution is 2.36. The third-order valence-electron chi connectivity index (χ3n) is 5.33. The number of carbonyl (C=O) groups excluding carboxylic acids is 1. The lowest BCUT2D eigenvalue weighted by molar-refractivity contribution is 0.101. The van der Waals surface area contributed by atoms with E-state index in [1.165, 1.54) is 28.6 Å². The molecule has 1 N–H and O–H groups in total. The fraction of sp³-hybridized carbons (Fsp3) is 0.160. The van der Waals surface area contributed by atoms with Crippen LogP contribution in [0.25, 0.3) is 16.6 Å². The standard InChI is InChI=1S/C25H22N6O5S/c1-4-35-22-13-28-31(15-11-29-37-14-15)24(22)25(32)30-23-6-5-16(12-27-23)36-19-7-8-26-18-10-21(34-3)20(33-2)9-17(18)19/h5-14H,4H2,1-3H3,(H,27,30,32). The van der Waals surface area contributed by atoms with Crippen LogP contribution in [0.1, 0.15) is 17.4 Å². The van der Waals surface area contributed by atoms with Crippen molar-refractivity contribution in [3.8, 4) is 34.4 Å². The Bertz CT molecular complexity index is 1540. The Kier molecular flexibility index (Phi) is 6.81. The SMILES string of the molecule is CCOc1cnn(-c2cnsc2)c1C(=O)Nc1ccc(Oc2ccnc3cc(OC)c(OC)cc23)cn1. The van der Waals surface area contributed by atoms with Crippen molar-refractivity contribution in [2.75, 3.05) is 26.1 Å². The van der Waals surface area contributed by atoms with E-state index >= 15 is 0 Å². The first-order valence-corrected chi connectivity index (χ1v) is 12.0. The van der Waals surface area contributed by atoms with E-state index in [9.17, 15) is 4.79 Å². The molecule has 0 fully saturated rings. The molecule has 5 aromatic rings. The fourth-order valence-corrected chi connectivity index (χ4v) is 4.15. The van der Waals surface area contributed by atoms with Crippen LogP contribution in [0.5, 0.6) is 28.7 Å². The van der Waals surface area contributed by atoms with Crippen LogP contribution < -0.4 is 24.3 Å². The summed E-state index contributed by atoms with van der Waals surface area (Å²) in [6, 6.07) is 8.69. The average molecular weight is 519 g/mol. The molecule has 1 amide bonds. The zero-order valence-corrected chi connectivity index (χ0v) is 21.0. The van der Waals surface area contributed by atoms with Gasteiger partial charge in [0.05, 0.1) is 50.6 Å². The summed E-state index contributed by atoms with van der Waals surface area (Å²) in [6.07, 6.45) is 6.30. The average Bonchev–Trinajstić information content (AvgIpc) is 3.60. The quantitative estimate of drug-likeness (QED) is 0.295. The van der Waals surface area contributed by atoms with Gasteiger partial charge in [0.15, 0.2) is 22.9 Å². The number of nitrogens with zero attached hydrogens (tertiary/aromatic N) is 5. The molecule has 4 aromatic heterocycles. The number of hydrogen-bond acceptors (Lipinski definition) is 10. The first-order valence-electron chi connectivity index (χ1n) is 11.2. The Morgan fingerprint density at radius 3 is 2.54 bits per heavy atom. The number of rotatable bonds is 9. The third kappa shape index (κ3) is 4.86. The van der Waals surface area contributed by atoms with Crippen LogP contribution in [0, 0.1) is 0 Å². The van der Waals surface area contributed by atoms with Crippen molar-refractivity contribution in [2.24, 2.45) is 0 Å². The molecule has 0 unspecified atom stereocenters. The second-order valence-corrected chi connectivity index (χ2v) is 8.21. The molecule has 0 bridgehead atoms. The van der Waals surface area contributed by atoms with E-state index in [2.05, 4.69) is 24.8 Å². The highest BCUT2D eigenvalue weighted by atomic mass is 32.1. The Hall–Kier alpha value is -4.71. The van der Waals surface area contributed by atoms with Crippen molar-refractivity contribution in [3.05, 3.63) is 66.2 Å². The number of pyridine rings is 2. The fourth-order valence-electron chi connectivity index (χ4n) is 3.66. The monoisotopic (exact) mass is 518 g/mol. The molecule has 188 valence electrons. The molecule has 0 aliphatic heterocycles. The van der Waals surface area contributed by atoms with Crippen molar-refractivity contribution >= 4 is 34.2 Å². The number of benzene rings is 1. The van der Waals surface area contributed by atoms with Gasteiger partial charge < -0.3 is 24.3 Å². The molecule has 5 rings (SSSR count). The van der Waals surface area contributed by atoms with Crippen molar-refractivity contribution in [3.63, 3.8) is 0 Å². The minimum absolute atomic E-state index is 0.247. The largest absolute Gasteiger partial charge is 0.493 e. The topological polar surface area (TPSA) is 123 Å². The molecule has 4 heterocycles. The first-order chi connectivity index (χ1) is 18.1. The van der Waals surface area contributed by atoms with E-state index in [0.29, 0.717) is 52.4 Å². The summed E-state index contributed by atoms with van der Waals surface area (Å²) in [5, 5.41) is 9.61. The van der Waals surface area contributed by atoms with Gasteiger partial charge in [0.2, 0.25) is 0 Å². The molecule has 0 aliphatic carbocycles. The van der Waals surface area contributed by atoms with Gasteiger partial charge >= 0.3 is 0 Å². The Morgan fingerprint density at radius 2 is 1.84 bits per heavy atom. The van der Waals surface area contributed by atoms with Crippen molar-refractivity contribution < 1.29 is 23.7 Å². The van der Waals surface area contributed by atoms with E-state index in [-0.39, 0.29) is 5.69 Å². The van der Waals surface area contributed by atoms with Crippen LogP contribution in [-0.4, -0.2) is 50.9 Å². The smallest absolute Gasteiger partial charge is 0.279 e. The number of carbonyl (C=O) groups is 1. The minimum Gasteiger partial charge on any atom is -0.493 e. The highest BCUT2D eigenvalue weighted by Gasteiger charge is 2.22. The molecule has 0 aliphatic rings. The third-order valence-corrected chi connectivity index (χ3v) is 5.90.